The lowest BCUT2D eigenvalue weighted by molar-refractivity contribution is 0.0994. The number of carbonyl (C=O) groups excluding carboxylic acids is 1. The molecular formula is C17H16ClN5O. The molecule has 24 heavy (non-hydrogen) atoms. The highest BCUT2D eigenvalue weighted by molar-refractivity contribution is 6.30. The Balaban J connectivity index is 2.18. The van der Waals surface area contributed by atoms with Gasteiger partial charge in [0.2, 0.25) is 0 Å². The summed E-state index contributed by atoms with van der Waals surface area (Å²) in [5, 5.41) is 3.55. The van der Waals surface area contributed by atoms with Crippen LogP contribution in [0.1, 0.15) is 16.1 Å². The summed E-state index contributed by atoms with van der Waals surface area (Å²) in [7, 11) is 1.78. The Morgan fingerprint density at radius 3 is 2.75 bits per heavy atom. The summed E-state index contributed by atoms with van der Waals surface area (Å²) in [6.07, 6.45) is 3.29. The smallest absolute Gasteiger partial charge is 0.265 e. The number of nitrogens with zero attached hydrogens (tertiary/aromatic N) is 3. The summed E-state index contributed by atoms with van der Waals surface area (Å²) in [5.41, 5.74) is 9.14. The van der Waals surface area contributed by atoms with E-state index in [0.29, 0.717) is 22.2 Å². The second-order valence-corrected chi connectivity index (χ2v) is 5.75. The highest BCUT2D eigenvalue weighted by atomic mass is 35.5. The molecule has 0 saturated heterocycles. The number of nitrogens with two attached hydrogens (primary N) is 1. The zero-order valence-corrected chi connectivity index (χ0v) is 14.0. The zero-order chi connectivity index (χ0) is 17.3. The Hall–Kier alpha value is -2.86. The number of aromatic nitrogens is 3. The van der Waals surface area contributed by atoms with E-state index < -0.39 is 5.91 Å². The Kier molecular flexibility index (Phi) is 4.22. The SMILES string of the molecule is CNc1cc(-c2cc(C(N)=O)n(-c3cc(Cl)ccc3C)c2)ncn1. The third kappa shape index (κ3) is 2.96. The van der Waals surface area contributed by atoms with Gasteiger partial charge in [0.25, 0.3) is 5.91 Å². The van der Waals surface area contributed by atoms with Gasteiger partial charge in [0.1, 0.15) is 17.8 Å². The molecule has 2 heterocycles. The molecule has 3 aromatic rings. The predicted octanol–water partition coefficient (Wildman–Crippen LogP) is 3.04. The van der Waals surface area contributed by atoms with Crippen molar-refractivity contribution in [3.05, 3.63) is 59.1 Å². The molecule has 0 bridgehead atoms. The van der Waals surface area contributed by atoms with E-state index >= 15 is 0 Å². The molecule has 0 unspecified atom stereocenters. The first-order valence-corrected chi connectivity index (χ1v) is 7.66. The molecule has 7 heteroatoms. The van der Waals surface area contributed by atoms with Crippen molar-refractivity contribution in [1.82, 2.24) is 14.5 Å². The minimum absolute atomic E-state index is 0.361. The minimum Gasteiger partial charge on any atom is -0.373 e. The van der Waals surface area contributed by atoms with Gasteiger partial charge in [0.05, 0.1) is 11.4 Å². The van der Waals surface area contributed by atoms with Crippen LogP contribution in [0.3, 0.4) is 0 Å². The standard InChI is InChI=1S/C17H16ClN5O/c1-10-3-4-12(18)6-14(10)23-8-11(5-15(23)17(19)24)13-7-16(20-2)22-9-21-13/h3-9H,1-2H3,(H2,19,24)(H,20,21,22). The number of primary amides is 1. The number of carbonyl (C=O) groups is 1. The molecule has 1 amide bonds. The van der Waals surface area contributed by atoms with E-state index in [2.05, 4.69) is 15.3 Å². The Bertz CT molecular complexity index is 919. The van der Waals surface area contributed by atoms with Gasteiger partial charge in [0, 0.05) is 29.9 Å². The number of halogens is 1. The first-order chi connectivity index (χ1) is 11.5. The van der Waals surface area contributed by atoms with Crippen LogP contribution in [-0.2, 0) is 0 Å². The summed E-state index contributed by atoms with van der Waals surface area (Å²) in [6.45, 7) is 1.94. The molecule has 0 radical (unpaired) electrons. The topological polar surface area (TPSA) is 85.8 Å². The third-order valence-electron chi connectivity index (χ3n) is 3.72. The molecule has 122 valence electrons. The molecule has 0 saturated carbocycles. The maximum Gasteiger partial charge on any atom is 0.265 e. The van der Waals surface area contributed by atoms with Gasteiger partial charge < -0.3 is 15.6 Å². The largest absolute Gasteiger partial charge is 0.373 e. The molecule has 0 aliphatic carbocycles. The molecule has 0 fully saturated rings. The van der Waals surface area contributed by atoms with E-state index in [9.17, 15) is 4.79 Å². The van der Waals surface area contributed by atoms with Gasteiger partial charge in [0.15, 0.2) is 0 Å². The summed E-state index contributed by atoms with van der Waals surface area (Å²) in [4.78, 5) is 20.2. The van der Waals surface area contributed by atoms with E-state index in [0.717, 1.165) is 16.8 Å². The molecule has 0 spiro atoms. The van der Waals surface area contributed by atoms with Crippen LogP contribution in [0.5, 0.6) is 0 Å². The number of hydrogen-bond acceptors (Lipinski definition) is 4. The summed E-state index contributed by atoms with van der Waals surface area (Å²) in [5.74, 6) is 0.163. The highest BCUT2D eigenvalue weighted by Gasteiger charge is 2.16. The lowest BCUT2D eigenvalue weighted by Crippen LogP contribution is -2.16. The van der Waals surface area contributed by atoms with Crippen molar-refractivity contribution in [2.24, 2.45) is 5.73 Å². The van der Waals surface area contributed by atoms with Gasteiger partial charge in [-0.25, -0.2) is 9.97 Å². The lowest BCUT2D eigenvalue weighted by atomic mass is 10.2. The van der Waals surface area contributed by atoms with Crippen LogP contribution < -0.4 is 11.1 Å². The fraction of sp³-hybridized carbons (Fsp3) is 0.118. The van der Waals surface area contributed by atoms with E-state index in [1.54, 1.807) is 35.9 Å². The quantitative estimate of drug-likeness (QED) is 0.763. The highest BCUT2D eigenvalue weighted by Crippen LogP contribution is 2.27. The molecule has 2 aromatic heterocycles. The molecular weight excluding hydrogens is 326 g/mol. The number of hydrogen-bond donors (Lipinski definition) is 2. The van der Waals surface area contributed by atoms with Crippen molar-refractivity contribution >= 4 is 23.3 Å². The van der Waals surface area contributed by atoms with E-state index in [1.165, 1.54) is 6.33 Å². The fourth-order valence-corrected chi connectivity index (χ4v) is 2.65. The number of aryl methyl sites for hydroxylation is 1. The molecule has 0 aliphatic rings. The monoisotopic (exact) mass is 341 g/mol. The Morgan fingerprint density at radius 1 is 1.25 bits per heavy atom. The summed E-state index contributed by atoms with van der Waals surface area (Å²) in [6, 6.07) is 9.01. The second-order valence-electron chi connectivity index (χ2n) is 5.32. The van der Waals surface area contributed by atoms with Crippen LogP contribution >= 0.6 is 11.6 Å². The van der Waals surface area contributed by atoms with Crippen LogP contribution in [0.2, 0.25) is 5.02 Å². The van der Waals surface area contributed by atoms with Crippen molar-refractivity contribution in [1.29, 1.82) is 0 Å². The first-order valence-electron chi connectivity index (χ1n) is 7.28. The average molecular weight is 342 g/mol. The number of amides is 1. The van der Waals surface area contributed by atoms with Crippen molar-refractivity contribution in [3.63, 3.8) is 0 Å². The van der Waals surface area contributed by atoms with Gasteiger partial charge in [-0.05, 0) is 30.7 Å². The van der Waals surface area contributed by atoms with Crippen molar-refractivity contribution in [2.45, 2.75) is 6.92 Å². The third-order valence-corrected chi connectivity index (χ3v) is 3.96. The van der Waals surface area contributed by atoms with E-state index in [1.807, 2.05) is 19.2 Å². The molecule has 3 rings (SSSR count). The van der Waals surface area contributed by atoms with Crippen LogP contribution in [0.4, 0.5) is 5.82 Å². The molecule has 0 aliphatic heterocycles. The van der Waals surface area contributed by atoms with Crippen LogP contribution in [0, 0.1) is 6.92 Å². The van der Waals surface area contributed by atoms with Gasteiger partial charge in [-0.3, -0.25) is 4.79 Å². The fourth-order valence-electron chi connectivity index (χ4n) is 2.49. The van der Waals surface area contributed by atoms with Crippen molar-refractivity contribution in [2.75, 3.05) is 12.4 Å². The van der Waals surface area contributed by atoms with Crippen LogP contribution in [0.15, 0.2) is 42.9 Å². The predicted molar refractivity (Wildman–Crippen MR) is 94.6 cm³/mol. The minimum atomic E-state index is -0.525. The summed E-state index contributed by atoms with van der Waals surface area (Å²) >= 11 is 6.10. The zero-order valence-electron chi connectivity index (χ0n) is 13.2. The van der Waals surface area contributed by atoms with Gasteiger partial charge >= 0.3 is 0 Å². The number of benzene rings is 1. The normalized spacial score (nSPS) is 10.6. The van der Waals surface area contributed by atoms with E-state index in [4.69, 9.17) is 17.3 Å². The van der Waals surface area contributed by atoms with Crippen molar-refractivity contribution in [3.8, 4) is 16.9 Å². The number of anilines is 1. The average Bonchev–Trinajstić information content (AvgIpc) is 3.02. The van der Waals surface area contributed by atoms with Crippen molar-refractivity contribution < 1.29 is 4.79 Å². The Labute approximate surface area is 144 Å². The molecule has 1 aromatic carbocycles. The van der Waals surface area contributed by atoms with Crippen LogP contribution in [-0.4, -0.2) is 27.5 Å². The second kappa shape index (κ2) is 6.33. The van der Waals surface area contributed by atoms with Crippen LogP contribution in [0.25, 0.3) is 16.9 Å². The molecule has 3 N–H and O–H groups in total. The number of nitrogens with one attached hydrogen (secondary N) is 1. The van der Waals surface area contributed by atoms with E-state index in [-0.39, 0.29) is 0 Å². The Morgan fingerprint density at radius 2 is 2.04 bits per heavy atom. The molecule has 6 nitrogen and oxygen atoms in total. The maximum atomic E-state index is 11.9. The molecule has 0 atom stereocenters. The van der Waals surface area contributed by atoms with Gasteiger partial charge in [-0.2, -0.15) is 0 Å². The van der Waals surface area contributed by atoms with Gasteiger partial charge in [-0.15, -0.1) is 0 Å². The van der Waals surface area contributed by atoms with Gasteiger partial charge in [-0.1, -0.05) is 17.7 Å². The summed E-state index contributed by atoms with van der Waals surface area (Å²) < 4.78 is 1.74. The first kappa shape index (κ1) is 16.0. The maximum absolute atomic E-state index is 11.9. The lowest BCUT2D eigenvalue weighted by Gasteiger charge is -2.10. The number of rotatable bonds is 4.